The van der Waals surface area contributed by atoms with Crippen molar-refractivity contribution < 1.29 is 14.3 Å². The number of amides is 1. The van der Waals surface area contributed by atoms with E-state index in [1.165, 1.54) is 10.8 Å². The first-order valence-electron chi connectivity index (χ1n) is 7.65. The molecule has 0 saturated carbocycles. The van der Waals surface area contributed by atoms with Crippen molar-refractivity contribution in [1.29, 1.82) is 0 Å². The molecule has 24 heavy (non-hydrogen) atoms. The molecule has 2 heterocycles. The van der Waals surface area contributed by atoms with Gasteiger partial charge in [0.2, 0.25) is 5.91 Å². The minimum atomic E-state index is -0.422. The van der Waals surface area contributed by atoms with Crippen molar-refractivity contribution in [2.45, 2.75) is 19.5 Å². The molecule has 2 aromatic rings. The summed E-state index contributed by atoms with van der Waals surface area (Å²) in [5.41, 5.74) is 1.76. The van der Waals surface area contributed by atoms with Crippen LogP contribution in [0, 0.1) is 0 Å². The number of carbonyl (C=O) groups is 1. The molecule has 1 aliphatic heterocycles. The Morgan fingerprint density at radius 3 is 2.58 bits per heavy atom. The lowest BCUT2D eigenvalue weighted by atomic mass is 9.98. The van der Waals surface area contributed by atoms with Crippen LogP contribution in [0.4, 0.5) is 0 Å². The zero-order valence-electron chi connectivity index (χ0n) is 13.7. The Morgan fingerprint density at radius 2 is 1.92 bits per heavy atom. The molecular weight excluding hydrogens is 310 g/mol. The van der Waals surface area contributed by atoms with Gasteiger partial charge < -0.3 is 14.4 Å². The van der Waals surface area contributed by atoms with E-state index in [-0.39, 0.29) is 12.5 Å². The maximum Gasteiger partial charge on any atom is 0.347 e. The van der Waals surface area contributed by atoms with E-state index in [9.17, 15) is 9.59 Å². The number of aromatic nitrogens is 2. The van der Waals surface area contributed by atoms with Crippen LogP contribution in [-0.2, 0) is 24.3 Å². The largest absolute Gasteiger partial charge is 0.493 e. The van der Waals surface area contributed by atoms with Crippen LogP contribution < -0.4 is 15.2 Å². The number of nitrogens with zero attached hydrogens (tertiary/aromatic N) is 3. The third-order valence-corrected chi connectivity index (χ3v) is 4.16. The summed E-state index contributed by atoms with van der Waals surface area (Å²) in [5.74, 6) is 1.23. The van der Waals surface area contributed by atoms with Crippen LogP contribution in [0.2, 0.25) is 0 Å². The molecule has 0 spiro atoms. The van der Waals surface area contributed by atoms with Gasteiger partial charge in [0.05, 0.1) is 14.2 Å². The first-order chi connectivity index (χ1) is 11.6. The molecule has 1 aromatic heterocycles. The normalized spacial score (nSPS) is 13.3. The van der Waals surface area contributed by atoms with Gasteiger partial charge in [-0.15, -0.1) is 0 Å². The maximum absolute atomic E-state index is 12.5. The van der Waals surface area contributed by atoms with E-state index >= 15 is 0 Å². The third kappa shape index (κ3) is 3.10. The molecule has 0 unspecified atom stereocenters. The highest BCUT2D eigenvalue weighted by Gasteiger charge is 2.23. The van der Waals surface area contributed by atoms with E-state index in [1.807, 2.05) is 12.1 Å². The van der Waals surface area contributed by atoms with Gasteiger partial charge in [0.15, 0.2) is 11.5 Å². The number of fused-ring (bicyclic) bond motifs is 1. The van der Waals surface area contributed by atoms with Crippen LogP contribution in [-0.4, -0.2) is 41.1 Å². The number of methoxy groups -OCH3 is 2. The fraction of sp³-hybridized carbons (Fsp3) is 0.353. The summed E-state index contributed by atoms with van der Waals surface area (Å²) in [6.45, 7) is 1.09. The first-order valence-corrected chi connectivity index (χ1v) is 7.65. The summed E-state index contributed by atoms with van der Waals surface area (Å²) in [5, 5.41) is 0. The molecule has 0 fully saturated rings. The Balaban J connectivity index is 1.78. The van der Waals surface area contributed by atoms with E-state index in [4.69, 9.17) is 9.47 Å². The van der Waals surface area contributed by atoms with Crippen molar-refractivity contribution in [2.24, 2.45) is 0 Å². The van der Waals surface area contributed by atoms with Crippen LogP contribution in [0.25, 0.3) is 0 Å². The SMILES string of the molecule is COc1cc2c(cc1OC)CN(C(=O)Cn1cccnc1=O)CC2. The Bertz CT molecular complexity index is 816. The van der Waals surface area contributed by atoms with Gasteiger partial charge in [0, 0.05) is 25.5 Å². The van der Waals surface area contributed by atoms with Crippen molar-refractivity contribution in [2.75, 3.05) is 20.8 Å². The van der Waals surface area contributed by atoms with Gasteiger partial charge in [-0.3, -0.25) is 9.36 Å². The summed E-state index contributed by atoms with van der Waals surface area (Å²) in [6.07, 6.45) is 3.72. The summed E-state index contributed by atoms with van der Waals surface area (Å²) in [6, 6.07) is 5.50. The Kier molecular flexibility index (Phi) is 4.50. The van der Waals surface area contributed by atoms with Gasteiger partial charge in [-0.1, -0.05) is 0 Å². The highest BCUT2D eigenvalue weighted by Crippen LogP contribution is 2.33. The molecule has 3 rings (SSSR count). The van der Waals surface area contributed by atoms with Crippen LogP contribution in [0.3, 0.4) is 0 Å². The molecule has 0 bridgehead atoms. The average molecular weight is 329 g/mol. The summed E-state index contributed by atoms with van der Waals surface area (Å²) in [7, 11) is 3.19. The van der Waals surface area contributed by atoms with Crippen molar-refractivity contribution >= 4 is 5.91 Å². The fourth-order valence-electron chi connectivity index (χ4n) is 2.85. The molecule has 7 heteroatoms. The standard InChI is InChI=1S/C17H19N3O4/c1-23-14-8-12-4-7-19(10-13(12)9-15(14)24-2)16(21)11-20-6-3-5-18-17(20)22/h3,5-6,8-9H,4,7,10-11H2,1-2H3. The van der Waals surface area contributed by atoms with Gasteiger partial charge >= 0.3 is 5.69 Å². The molecule has 1 aromatic carbocycles. The highest BCUT2D eigenvalue weighted by atomic mass is 16.5. The molecule has 7 nitrogen and oxygen atoms in total. The van der Waals surface area contributed by atoms with E-state index in [0.717, 1.165) is 17.5 Å². The van der Waals surface area contributed by atoms with Gasteiger partial charge in [-0.05, 0) is 35.7 Å². The molecule has 0 N–H and O–H groups in total. The monoisotopic (exact) mass is 329 g/mol. The minimum absolute atomic E-state index is 0.00467. The Morgan fingerprint density at radius 1 is 1.21 bits per heavy atom. The van der Waals surface area contributed by atoms with Gasteiger partial charge in [-0.2, -0.15) is 0 Å². The van der Waals surface area contributed by atoms with E-state index in [0.29, 0.717) is 24.6 Å². The first kappa shape index (κ1) is 16.0. The predicted octanol–water partition coefficient (Wildman–Crippen LogP) is 0.845. The molecular formula is C17H19N3O4. The van der Waals surface area contributed by atoms with E-state index in [1.54, 1.807) is 31.4 Å². The Labute approximate surface area is 139 Å². The lowest BCUT2D eigenvalue weighted by Crippen LogP contribution is -2.39. The number of hydrogen-bond donors (Lipinski definition) is 0. The second kappa shape index (κ2) is 6.74. The fourth-order valence-corrected chi connectivity index (χ4v) is 2.85. The quantitative estimate of drug-likeness (QED) is 0.831. The van der Waals surface area contributed by atoms with Gasteiger partial charge in [0.1, 0.15) is 6.54 Å². The summed E-state index contributed by atoms with van der Waals surface area (Å²) in [4.78, 5) is 29.5. The summed E-state index contributed by atoms with van der Waals surface area (Å²) < 4.78 is 12.0. The number of benzene rings is 1. The number of hydrogen-bond acceptors (Lipinski definition) is 5. The molecule has 0 aliphatic carbocycles. The zero-order chi connectivity index (χ0) is 17.1. The van der Waals surface area contributed by atoms with Gasteiger partial charge in [0.25, 0.3) is 0 Å². The smallest absolute Gasteiger partial charge is 0.347 e. The highest BCUT2D eigenvalue weighted by molar-refractivity contribution is 5.76. The molecule has 0 saturated heterocycles. The number of carbonyl (C=O) groups excluding carboxylic acids is 1. The van der Waals surface area contributed by atoms with Crippen LogP contribution in [0.5, 0.6) is 11.5 Å². The lowest BCUT2D eigenvalue weighted by Gasteiger charge is -2.29. The van der Waals surface area contributed by atoms with Crippen molar-refractivity contribution in [1.82, 2.24) is 14.5 Å². The van der Waals surface area contributed by atoms with Crippen molar-refractivity contribution in [3.8, 4) is 11.5 Å². The third-order valence-electron chi connectivity index (χ3n) is 4.16. The number of ether oxygens (including phenoxy) is 2. The van der Waals surface area contributed by atoms with E-state index in [2.05, 4.69) is 4.98 Å². The second-order valence-electron chi connectivity index (χ2n) is 5.57. The van der Waals surface area contributed by atoms with Crippen LogP contribution in [0.1, 0.15) is 11.1 Å². The number of rotatable bonds is 4. The van der Waals surface area contributed by atoms with Crippen LogP contribution >= 0.6 is 0 Å². The van der Waals surface area contributed by atoms with Crippen LogP contribution in [0.15, 0.2) is 35.4 Å². The molecule has 1 aliphatic rings. The van der Waals surface area contributed by atoms with Crippen molar-refractivity contribution in [3.63, 3.8) is 0 Å². The minimum Gasteiger partial charge on any atom is -0.493 e. The molecule has 1 amide bonds. The lowest BCUT2D eigenvalue weighted by molar-refractivity contribution is -0.132. The van der Waals surface area contributed by atoms with Crippen molar-refractivity contribution in [3.05, 3.63) is 52.2 Å². The average Bonchev–Trinajstić information content (AvgIpc) is 2.61. The van der Waals surface area contributed by atoms with E-state index < -0.39 is 5.69 Å². The maximum atomic E-state index is 12.5. The molecule has 0 atom stereocenters. The zero-order valence-corrected chi connectivity index (χ0v) is 13.7. The predicted molar refractivity (Wildman–Crippen MR) is 87.2 cm³/mol. The molecule has 0 radical (unpaired) electrons. The Hall–Kier alpha value is -2.83. The molecule has 126 valence electrons. The summed E-state index contributed by atoms with van der Waals surface area (Å²) >= 11 is 0. The second-order valence-corrected chi connectivity index (χ2v) is 5.57. The topological polar surface area (TPSA) is 73.7 Å². The van der Waals surface area contributed by atoms with Gasteiger partial charge in [-0.25, -0.2) is 9.78 Å².